The molecule has 1 aliphatic heterocycles. The molecule has 1 aliphatic rings. The topological polar surface area (TPSA) is 137 Å². The predicted molar refractivity (Wildman–Crippen MR) is 108 cm³/mol. The van der Waals surface area contributed by atoms with E-state index in [9.17, 15) is 19.2 Å². The van der Waals surface area contributed by atoms with Gasteiger partial charge in [-0.05, 0) is 18.3 Å². The molecule has 0 radical (unpaired) electrons. The van der Waals surface area contributed by atoms with Crippen molar-refractivity contribution in [3.63, 3.8) is 0 Å². The number of amides is 4. The van der Waals surface area contributed by atoms with Gasteiger partial charge in [0.15, 0.2) is 0 Å². The molecule has 0 spiro atoms. The molecule has 0 unspecified atom stereocenters. The van der Waals surface area contributed by atoms with Gasteiger partial charge in [-0.25, -0.2) is 5.48 Å². The molecule has 1 heterocycles. The third-order valence-electron chi connectivity index (χ3n) is 4.96. The molecule has 9 nitrogen and oxygen atoms in total. The van der Waals surface area contributed by atoms with Gasteiger partial charge in [-0.15, -0.1) is 0 Å². The van der Waals surface area contributed by atoms with Crippen LogP contribution in [0.5, 0.6) is 0 Å². The average Bonchev–Trinajstić information content (AvgIpc) is 2.64. The Labute approximate surface area is 172 Å². The molecule has 9 heteroatoms. The summed E-state index contributed by atoms with van der Waals surface area (Å²) in [7, 11) is 0. The summed E-state index contributed by atoms with van der Waals surface area (Å²) in [6, 6.07) is -2.01. The van der Waals surface area contributed by atoms with E-state index in [-0.39, 0.29) is 18.2 Å². The van der Waals surface area contributed by atoms with E-state index in [1.54, 1.807) is 0 Å². The second-order valence-corrected chi connectivity index (χ2v) is 8.68. The maximum absolute atomic E-state index is 12.8. The summed E-state index contributed by atoms with van der Waals surface area (Å²) in [4.78, 5) is 49.3. The zero-order valence-electron chi connectivity index (χ0n) is 17.8. The monoisotopic (exact) mass is 412 g/mol. The van der Waals surface area contributed by atoms with Crippen molar-refractivity contribution in [3.8, 4) is 0 Å². The van der Waals surface area contributed by atoms with Crippen LogP contribution in [0.3, 0.4) is 0 Å². The highest BCUT2D eigenvalue weighted by atomic mass is 16.5. The fraction of sp³-hybridized carbons (Fsp3) is 0.800. The zero-order valence-corrected chi connectivity index (χ0v) is 17.8. The first-order valence-electron chi connectivity index (χ1n) is 10.5. The van der Waals surface area contributed by atoms with E-state index >= 15 is 0 Å². The van der Waals surface area contributed by atoms with Crippen LogP contribution in [0.1, 0.15) is 78.6 Å². The number of hydroxylamine groups is 1. The van der Waals surface area contributed by atoms with Gasteiger partial charge < -0.3 is 16.0 Å². The summed E-state index contributed by atoms with van der Waals surface area (Å²) in [6.45, 7) is 6.02. The van der Waals surface area contributed by atoms with Crippen molar-refractivity contribution in [1.82, 2.24) is 21.4 Å². The fourth-order valence-corrected chi connectivity index (χ4v) is 3.23. The van der Waals surface area contributed by atoms with Crippen LogP contribution in [-0.4, -0.2) is 47.5 Å². The van der Waals surface area contributed by atoms with E-state index in [1.807, 2.05) is 20.8 Å². The van der Waals surface area contributed by atoms with Crippen LogP contribution >= 0.6 is 0 Å². The quantitative estimate of drug-likeness (QED) is 0.342. The van der Waals surface area contributed by atoms with Crippen LogP contribution in [0.4, 0.5) is 0 Å². The molecule has 0 aromatic heterocycles. The van der Waals surface area contributed by atoms with Crippen LogP contribution < -0.4 is 21.4 Å². The predicted octanol–water partition coefficient (Wildman–Crippen LogP) is 1.15. The number of carbonyl (C=O) groups is 4. The van der Waals surface area contributed by atoms with Gasteiger partial charge in [-0.3, -0.25) is 24.4 Å². The number of nitrogens with one attached hydrogen (secondary N) is 4. The zero-order chi connectivity index (χ0) is 21.9. The summed E-state index contributed by atoms with van der Waals surface area (Å²) < 4.78 is 0. The SMILES string of the molecule is CC(C)(C)[C@@H]1NC(=O)[C@@H](CC(=O)NO)NC(=O)CCCCCCCCCNC1=O. The largest absolute Gasteiger partial charge is 0.354 e. The van der Waals surface area contributed by atoms with Gasteiger partial charge in [0.25, 0.3) is 0 Å². The van der Waals surface area contributed by atoms with Crippen molar-refractivity contribution in [2.45, 2.75) is 90.6 Å². The van der Waals surface area contributed by atoms with E-state index in [0.717, 1.165) is 38.5 Å². The minimum atomic E-state index is -1.18. The van der Waals surface area contributed by atoms with Crippen LogP contribution in [0.2, 0.25) is 0 Å². The number of carbonyl (C=O) groups excluding carboxylic acids is 4. The average molecular weight is 413 g/mol. The number of rotatable bonds is 2. The summed E-state index contributed by atoms with van der Waals surface area (Å²) in [5, 5.41) is 16.9. The lowest BCUT2D eigenvalue weighted by Gasteiger charge is -2.31. The first-order valence-corrected chi connectivity index (χ1v) is 10.5. The fourth-order valence-electron chi connectivity index (χ4n) is 3.23. The van der Waals surface area contributed by atoms with Crippen molar-refractivity contribution >= 4 is 23.6 Å². The van der Waals surface area contributed by atoms with Gasteiger partial charge in [-0.2, -0.15) is 0 Å². The lowest BCUT2D eigenvalue weighted by molar-refractivity contribution is -0.137. The summed E-state index contributed by atoms with van der Waals surface area (Å²) in [5.41, 5.74) is 0.902. The molecule has 0 aromatic carbocycles. The van der Waals surface area contributed by atoms with E-state index in [1.165, 1.54) is 5.48 Å². The van der Waals surface area contributed by atoms with E-state index in [2.05, 4.69) is 16.0 Å². The minimum Gasteiger partial charge on any atom is -0.354 e. The van der Waals surface area contributed by atoms with Crippen molar-refractivity contribution in [2.24, 2.45) is 5.41 Å². The molecular weight excluding hydrogens is 376 g/mol. The summed E-state index contributed by atoms with van der Waals surface area (Å²) in [5.74, 6) is -2.07. The Bertz CT molecular complexity index is 574. The normalized spacial score (nSPS) is 23.9. The third-order valence-corrected chi connectivity index (χ3v) is 4.96. The lowest BCUT2D eigenvalue weighted by Crippen LogP contribution is -2.58. The molecule has 2 atom stereocenters. The smallest absolute Gasteiger partial charge is 0.245 e. The van der Waals surface area contributed by atoms with Crippen LogP contribution in [-0.2, 0) is 19.2 Å². The van der Waals surface area contributed by atoms with Gasteiger partial charge >= 0.3 is 0 Å². The van der Waals surface area contributed by atoms with Crippen molar-refractivity contribution in [1.29, 1.82) is 0 Å². The van der Waals surface area contributed by atoms with Gasteiger partial charge in [-0.1, -0.05) is 52.9 Å². The Morgan fingerprint density at radius 1 is 0.966 bits per heavy atom. The Morgan fingerprint density at radius 2 is 1.55 bits per heavy atom. The highest BCUT2D eigenvalue weighted by Crippen LogP contribution is 2.20. The molecule has 0 bridgehead atoms. The Hall–Kier alpha value is -2.16. The lowest BCUT2D eigenvalue weighted by atomic mass is 9.85. The number of hydrogen-bond acceptors (Lipinski definition) is 5. The Balaban J connectivity index is 2.98. The minimum absolute atomic E-state index is 0.258. The van der Waals surface area contributed by atoms with Crippen molar-refractivity contribution in [3.05, 3.63) is 0 Å². The highest BCUT2D eigenvalue weighted by Gasteiger charge is 2.35. The first-order chi connectivity index (χ1) is 13.6. The molecule has 29 heavy (non-hydrogen) atoms. The molecule has 0 aromatic rings. The molecule has 166 valence electrons. The molecule has 0 saturated carbocycles. The highest BCUT2D eigenvalue weighted by molar-refractivity contribution is 5.95. The maximum Gasteiger partial charge on any atom is 0.245 e. The molecule has 1 saturated heterocycles. The van der Waals surface area contributed by atoms with E-state index in [4.69, 9.17) is 5.21 Å². The van der Waals surface area contributed by atoms with E-state index < -0.39 is 35.7 Å². The second-order valence-electron chi connectivity index (χ2n) is 8.68. The molecule has 1 rings (SSSR count). The van der Waals surface area contributed by atoms with E-state index in [0.29, 0.717) is 13.0 Å². The molecule has 5 N–H and O–H groups in total. The van der Waals surface area contributed by atoms with Crippen molar-refractivity contribution in [2.75, 3.05) is 6.54 Å². The standard InChI is InChI=1S/C20H36N4O5/c1-20(2,3)17-19(28)21-12-10-8-6-4-5-7-9-11-15(25)22-14(18(27)23-17)13-16(26)24-29/h14,17,29H,4-13H2,1-3H3,(H,21,28)(H,22,25)(H,23,27)(H,24,26)/t14-,17-/m1/s1. The van der Waals surface area contributed by atoms with Gasteiger partial charge in [0.1, 0.15) is 12.1 Å². The Kier molecular flexibility index (Phi) is 10.6. The maximum atomic E-state index is 12.8. The molecule has 1 fully saturated rings. The molecule has 4 amide bonds. The van der Waals surface area contributed by atoms with Crippen LogP contribution in [0.25, 0.3) is 0 Å². The second kappa shape index (κ2) is 12.4. The molecular formula is C20H36N4O5. The summed E-state index contributed by atoms with van der Waals surface area (Å²) >= 11 is 0. The van der Waals surface area contributed by atoms with Crippen molar-refractivity contribution < 1.29 is 24.4 Å². The van der Waals surface area contributed by atoms with Crippen LogP contribution in [0, 0.1) is 5.41 Å². The van der Waals surface area contributed by atoms with Gasteiger partial charge in [0.2, 0.25) is 23.6 Å². The van der Waals surface area contributed by atoms with Gasteiger partial charge in [0.05, 0.1) is 6.42 Å². The van der Waals surface area contributed by atoms with Crippen LogP contribution in [0.15, 0.2) is 0 Å². The van der Waals surface area contributed by atoms with Gasteiger partial charge in [0, 0.05) is 13.0 Å². The first kappa shape index (κ1) is 24.9. The Morgan fingerprint density at radius 3 is 2.14 bits per heavy atom. The number of hydrogen-bond donors (Lipinski definition) is 5. The molecule has 0 aliphatic carbocycles. The summed E-state index contributed by atoms with van der Waals surface area (Å²) in [6.07, 6.45) is 6.55. The third kappa shape index (κ3) is 9.74.